The number of carbonyl (C=O) groups excluding carboxylic acids is 2. The molecule has 0 aromatic rings. The lowest BCUT2D eigenvalue weighted by Gasteiger charge is -2.07. The summed E-state index contributed by atoms with van der Waals surface area (Å²) in [5, 5.41) is 2.49. The van der Waals surface area contributed by atoms with E-state index in [2.05, 4.69) is 5.32 Å². The monoisotopic (exact) mass is 143 g/mol. The van der Waals surface area contributed by atoms with Gasteiger partial charge in [-0.25, -0.2) is 0 Å². The first-order valence-electron chi connectivity index (χ1n) is 3.15. The molecule has 4 nitrogen and oxygen atoms in total. The lowest BCUT2D eigenvalue weighted by Crippen LogP contribution is -2.32. The molecule has 0 spiro atoms. The highest BCUT2D eigenvalue weighted by Gasteiger charge is 2.23. The highest BCUT2D eigenvalue weighted by molar-refractivity contribution is 5.75. The zero-order chi connectivity index (χ0) is 7.56. The molecule has 1 atom stereocenters. The number of carbonyl (C=O) groups is 2. The zero-order valence-corrected chi connectivity index (χ0v) is 5.72. The van der Waals surface area contributed by atoms with E-state index in [1.165, 1.54) is 6.92 Å². The van der Waals surface area contributed by atoms with Crippen LogP contribution < -0.4 is 5.32 Å². The first kappa shape index (κ1) is 7.05. The van der Waals surface area contributed by atoms with Crippen LogP contribution in [-0.2, 0) is 14.3 Å². The molecule has 1 aliphatic heterocycles. The predicted octanol–water partition coefficient (Wildman–Crippen LogP) is -0.214. The summed E-state index contributed by atoms with van der Waals surface area (Å²) in [5.74, 6) is -0.404. The lowest BCUT2D eigenvalue weighted by atomic mass is 10.3. The molecule has 1 heterocycles. The van der Waals surface area contributed by atoms with Crippen molar-refractivity contribution in [2.24, 2.45) is 0 Å². The largest absolute Gasteiger partial charge is 0.442 e. The van der Waals surface area contributed by atoms with Gasteiger partial charge in [0.05, 0.1) is 6.42 Å². The number of ether oxygens (including phenoxy) is 1. The summed E-state index contributed by atoms with van der Waals surface area (Å²) in [5.41, 5.74) is 0. The highest BCUT2D eigenvalue weighted by atomic mass is 16.6. The highest BCUT2D eigenvalue weighted by Crippen LogP contribution is 2.10. The van der Waals surface area contributed by atoms with Gasteiger partial charge in [-0.2, -0.15) is 0 Å². The fraction of sp³-hybridized carbons (Fsp3) is 0.667. The zero-order valence-electron chi connectivity index (χ0n) is 5.72. The number of esters is 1. The Morgan fingerprint density at radius 2 is 2.50 bits per heavy atom. The fourth-order valence-corrected chi connectivity index (χ4v) is 0.854. The average molecular weight is 143 g/mol. The van der Waals surface area contributed by atoms with Crippen molar-refractivity contribution >= 4 is 11.9 Å². The summed E-state index contributed by atoms with van der Waals surface area (Å²) >= 11 is 0. The molecular weight excluding hydrogens is 134 g/mol. The fourth-order valence-electron chi connectivity index (χ4n) is 0.854. The van der Waals surface area contributed by atoms with Crippen molar-refractivity contribution in [3.05, 3.63) is 0 Å². The maximum absolute atomic E-state index is 10.5. The third-order valence-corrected chi connectivity index (χ3v) is 1.25. The van der Waals surface area contributed by atoms with Gasteiger partial charge >= 0.3 is 5.97 Å². The number of amides is 1. The molecule has 1 rings (SSSR count). The minimum atomic E-state index is -0.384. The number of hydrogen-bond acceptors (Lipinski definition) is 3. The number of rotatable bonds is 1. The molecule has 1 saturated heterocycles. The normalized spacial score (nSPS) is 24.1. The average Bonchev–Trinajstić information content (AvgIpc) is 2.13. The van der Waals surface area contributed by atoms with Crippen molar-refractivity contribution < 1.29 is 14.3 Å². The second-order valence-corrected chi connectivity index (χ2v) is 2.22. The smallest absolute Gasteiger partial charge is 0.307 e. The van der Waals surface area contributed by atoms with E-state index in [4.69, 9.17) is 4.74 Å². The van der Waals surface area contributed by atoms with E-state index in [-0.39, 0.29) is 18.1 Å². The third-order valence-electron chi connectivity index (χ3n) is 1.25. The Morgan fingerprint density at radius 3 is 2.90 bits per heavy atom. The van der Waals surface area contributed by atoms with Gasteiger partial charge in [-0.15, -0.1) is 0 Å². The molecule has 4 heteroatoms. The quantitative estimate of drug-likeness (QED) is 0.516. The van der Waals surface area contributed by atoms with Gasteiger partial charge in [0.15, 0.2) is 6.23 Å². The molecule has 1 unspecified atom stereocenters. The van der Waals surface area contributed by atoms with Crippen LogP contribution in [0.2, 0.25) is 0 Å². The maximum atomic E-state index is 10.5. The first-order chi connectivity index (χ1) is 4.68. The molecule has 0 bridgehead atoms. The Hall–Kier alpha value is -1.06. The summed E-state index contributed by atoms with van der Waals surface area (Å²) in [7, 11) is 0. The molecule has 0 radical (unpaired) electrons. The van der Waals surface area contributed by atoms with Gasteiger partial charge in [0.2, 0.25) is 5.91 Å². The second kappa shape index (κ2) is 2.68. The molecule has 1 amide bonds. The first-order valence-corrected chi connectivity index (χ1v) is 3.15. The van der Waals surface area contributed by atoms with Gasteiger partial charge in [0.1, 0.15) is 0 Å². The molecular formula is C6H9NO3. The predicted molar refractivity (Wildman–Crippen MR) is 32.9 cm³/mol. The summed E-state index contributed by atoms with van der Waals surface area (Å²) in [6.45, 7) is 1.39. The van der Waals surface area contributed by atoms with E-state index in [0.29, 0.717) is 12.8 Å². The van der Waals surface area contributed by atoms with Crippen LogP contribution in [0, 0.1) is 0 Å². The van der Waals surface area contributed by atoms with E-state index in [1.807, 2.05) is 0 Å². The van der Waals surface area contributed by atoms with E-state index in [0.717, 1.165) is 0 Å². The molecule has 56 valence electrons. The molecule has 0 saturated carbocycles. The minimum Gasteiger partial charge on any atom is -0.442 e. The minimum absolute atomic E-state index is 0.167. The number of cyclic esters (lactones) is 1. The molecule has 1 fully saturated rings. The lowest BCUT2D eigenvalue weighted by molar-refractivity contribution is -0.143. The van der Waals surface area contributed by atoms with Gasteiger partial charge in [0.25, 0.3) is 0 Å². The van der Waals surface area contributed by atoms with E-state index in [1.54, 1.807) is 0 Å². The van der Waals surface area contributed by atoms with Gasteiger partial charge in [-0.1, -0.05) is 0 Å². The summed E-state index contributed by atoms with van der Waals surface area (Å²) in [4.78, 5) is 20.9. The summed E-state index contributed by atoms with van der Waals surface area (Å²) < 4.78 is 4.70. The van der Waals surface area contributed by atoms with Crippen molar-refractivity contribution in [1.29, 1.82) is 0 Å². The van der Waals surface area contributed by atoms with Crippen LogP contribution in [0.1, 0.15) is 19.8 Å². The molecule has 0 aromatic heterocycles. The maximum Gasteiger partial charge on any atom is 0.307 e. The van der Waals surface area contributed by atoms with E-state index < -0.39 is 0 Å². The second-order valence-electron chi connectivity index (χ2n) is 2.22. The van der Waals surface area contributed by atoms with Gasteiger partial charge in [-0.05, 0) is 0 Å². The summed E-state index contributed by atoms with van der Waals surface area (Å²) in [6.07, 6.45) is 0.619. The Bertz CT molecular complexity index is 166. The van der Waals surface area contributed by atoms with Crippen LogP contribution in [0.15, 0.2) is 0 Å². The molecule has 10 heavy (non-hydrogen) atoms. The van der Waals surface area contributed by atoms with Crippen LogP contribution in [0.4, 0.5) is 0 Å². The van der Waals surface area contributed by atoms with Crippen molar-refractivity contribution in [3.8, 4) is 0 Å². The van der Waals surface area contributed by atoms with Crippen molar-refractivity contribution in [2.45, 2.75) is 26.0 Å². The van der Waals surface area contributed by atoms with Crippen LogP contribution in [-0.4, -0.2) is 18.1 Å². The van der Waals surface area contributed by atoms with Crippen molar-refractivity contribution in [2.75, 3.05) is 0 Å². The topological polar surface area (TPSA) is 55.4 Å². The Kier molecular flexibility index (Phi) is 1.89. The Morgan fingerprint density at radius 1 is 1.80 bits per heavy atom. The summed E-state index contributed by atoms with van der Waals surface area (Å²) in [6, 6.07) is 0. The van der Waals surface area contributed by atoms with Crippen molar-refractivity contribution in [3.63, 3.8) is 0 Å². The van der Waals surface area contributed by atoms with Crippen LogP contribution in [0.5, 0.6) is 0 Å². The standard InChI is InChI=1S/C6H9NO3/c1-4(8)7-5-2-3-6(9)10-5/h5H,2-3H2,1H3,(H,7,8). The third kappa shape index (κ3) is 1.72. The number of nitrogens with one attached hydrogen (secondary N) is 1. The molecule has 1 N–H and O–H groups in total. The SMILES string of the molecule is CC(=O)NC1CCC(=O)O1. The number of hydrogen-bond donors (Lipinski definition) is 1. The van der Waals surface area contributed by atoms with Crippen LogP contribution in [0.3, 0.4) is 0 Å². The van der Waals surface area contributed by atoms with Crippen LogP contribution in [0.25, 0.3) is 0 Å². The van der Waals surface area contributed by atoms with Gasteiger partial charge in [0, 0.05) is 13.3 Å². The van der Waals surface area contributed by atoms with Gasteiger partial charge in [-0.3, -0.25) is 9.59 Å². The Balaban J connectivity index is 2.31. The van der Waals surface area contributed by atoms with E-state index >= 15 is 0 Å². The van der Waals surface area contributed by atoms with Crippen molar-refractivity contribution in [1.82, 2.24) is 5.32 Å². The molecule has 0 aliphatic carbocycles. The van der Waals surface area contributed by atoms with E-state index in [9.17, 15) is 9.59 Å². The molecule has 1 aliphatic rings. The van der Waals surface area contributed by atoms with Crippen LogP contribution >= 0.6 is 0 Å². The molecule has 0 aromatic carbocycles. The van der Waals surface area contributed by atoms with Gasteiger partial charge < -0.3 is 10.1 Å². The Labute approximate surface area is 58.5 Å².